The van der Waals surface area contributed by atoms with Crippen LogP contribution in [0.2, 0.25) is 0 Å². The van der Waals surface area contributed by atoms with Crippen molar-refractivity contribution < 1.29 is 14.3 Å². The smallest absolute Gasteiger partial charge is 0.254 e. The van der Waals surface area contributed by atoms with E-state index in [0.29, 0.717) is 35.5 Å². The number of methoxy groups -OCH3 is 1. The first-order valence-electron chi connectivity index (χ1n) is 9.87. The number of ether oxygens (including phenoxy) is 1. The van der Waals surface area contributed by atoms with Crippen LogP contribution in [0, 0.1) is 5.92 Å². The molecule has 0 aliphatic carbocycles. The van der Waals surface area contributed by atoms with E-state index >= 15 is 0 Å². The molecule has 0 bridgehead atoms. The number of nitrogens with two attached hydrogens (primary N) is 1. The Morgan fingerprint density at radius 3 is 2.61 bits per heavy atom. The normalized spacial score (nSPS) is 15.8. The number of hydrogen-bond acceptors (Lipinski definition) is 6. The van der Waals surface area contributed by atoms with Crippen LogP contribution in [0.4, 0.5) is 5.82 Å². The summed E-state index contributed by atoms with van der Waals surface area (Å²) < 4.78 is 8.06. The maximum Gasteiger partial charge on any atom is 0.254 e. The van der Waals surface area contributed by atoms with Crippen molar-refractivity contribution in [2.75, 3.05) is 25.9 Å². The summed E-state index contributed by atoms with van der Waals surface area (Å²) in [5, 5.41) is 4.27. The molecule has 0 saturated carbocycles. The van der Waals surface area contributed by atoms with Crippen molar-refractivity contribution in [1.29, 1.82) is 0 Å². The number of Topliss-reactive ketones (excluding diaryl/α,β-unsaturated/α-hetero) is 1. The predicted octanol–water partition coefficient (Wildman–Crippen LogP) is 1.51. The molecule has 2 aromatic heterocycles. The van der Waals surface area contributed by atoms with Gasteiger partial charge in [-0.2, -0.15) is 5.10 Å². The summed E-state index contributed by atoms with van der Waals surface area (Å²) in [5.74, 6) is 0.196. The van der Waals surface area contributed by atoms with Crippen LogP contribution in [0.25, 0.3) is 5.69 Å². The van der Waals surface area contributed by atoms with Gasteiger partial charge < -0.3 is 19.9 Å². The van der Waals surface area contributed by atoms with E-state index in [0.717, 1.165) is 0 Å². The number of rotatable bonds is 5. The zero-order valence-corrected chi connectivity index (χ0v) is 17.3. The first-order valence-corrected chi connectivity index (χ1v) is 9.87. The van der Waals surface area contributed by atoms with Crippen LogP contribution in [0.5, 0.6) is 5.75 Å². The zero-order valence-electron chi connectivity index (χ0n) is 17.3. The number of aromatic nitrogens is 3. The lowest BCUT2D eigenvalue weighted by atomic mass is 9.98. The third kappa shape index (κ3) is 3.81. The standard InChI is InChI=1S/C22H23N5O4/c1-25-9-7-14(11-19(25)28)22(30)26-10-8-15(13-26)20(29)18-12-24-27(21(18)23)16-3-5-17(31-2)6-4-16/h3-7,9,11-12,15H,8,10,13,23H2,1-2H3. The van der Waals surface area contributed by atoms with Crippen LogP contribution in [0.1, 0.15) is 27.1 Å². The zero-order chi connectivity index (χ0) is 22.1. The number of amides is 1. The number of nitrogen functional groups attached to an aromatic ring is 1. The topological polar surface area (TPSA) is 112 Å². The average Bonchev–Trinajstić information content (AvgIpc) is 3.42. The minimum absolute atomic E-state index is 0.142. The molecule has 2 N–H and O–H groups in total. The Morgan fingerprint density at radius 2 is 1.94 bits per heavy atom. The van der Waals surface area contributed by atoms with E-state index in [1.807, 2.05) is 0 Å². The van der Waals surface area contributed by atoms with Crippen molar-refractivity contribution >= 4 is 17.5 Å². The molecule has 1 amide bonds. The molecule has 9 nitrogen and oxygen atoms in total. The lowest BCUT2D eigenvalue weighted by Gasteiger charge is -2.16. The molecule has 0 radical (unpaired) electrons. The van der Waals surface area contributed by atoms with Crippen molar-refractivity contribution in [1.82, 2.24) is 19.2 Å². The van der Waals surface area contributed by atoms with Gasteiger partial charge in [0.2, 0.25) is 0 Å². The number of carbonyl (C=O) groups excluding carboxylic acids is 2. The molecule has 1 atom stereocenters. The largest absolute Gasteiger partial charge is 0.497 e. The van der Waals surface area contributed by atoms with E-state index in [-0.39, 0.29) is 35.5 Å². The van der Waals surface area contributed by atoms with Crippen molar-refractivity contribution in [3.8, 4) is 11.4 Å². The molecule has 3 heterocycles. The van der Waals surface area contributed by atoms with E-state index in [2.05, 4.69) is 5.10 Å². The van der Waals surface area contributed by atoms with Gasteiger partial charge in [-0.3, -0.25) is 14.4 Å². The fraction of sp³-hybridized carbons (Fsp3) is 0.273. The molecule has 1 saturated heterocycles. The lowest BCUT2D eigenvalue weighted by Crippen LogP contribution is -2.31. The molecule has 1 aromatic carbocycles. The van der Waals surface area contributed by atoms with Gasteiger partial charge in [-0.05, 0) is 36.8 Å². The van der Waals surface area contributed by atoms with Crippen molar-refractivity contribution in [2.45, 2.75) is 6.42 Å². The van der Waals surface area contributed by atoms with Crippen molar-refractivity contribution in [3.05, 3.63) is 70.3 Å². The second kappa shape index (κ2) is 8.10. The van der Waals surface area contributed by atoms with Crippen LogP contribution in [-0.4, -0.2) is 51.1 Å². The number of aryl methyl sites for hydroxylation is 1. The van der Waals surface area contributed by atoms with Crippen LogP contribution < -0.4 is 16.0 Å². The first kappa shape index (κ1) is 20.4. The minimum Gasteiger partial charge on any atom is -0.497 e. The Labute approximate surface area is 178 Å². The highest BCUT2D eigenvalue weighted by Gasteiger charge is 2.33. The fourth-order valence-corrected chi connectivity index (χ4v) is 3.72. The molecule has 1 fully saturated rings. The SMILES string of the molecule is COc1ccc(-n2ncc(C(=O)C3CCN(C(=O)c4ccn(C)c(=O)c4)C3)c2N)cc1. The number of benzene rings is 1. The molecule has 160 valence electrons. The summed E-state index contributed by atoms with van der Waals surface area (Å²) in [6.07, 6.45) is 3.55. The molecule has 0 spiro atoms. The third-order valence-corrected chi connectivity index (χ3v) is 5.59. The van der Waals surface area contributed by atoms with Gasteiger partial charge >= 0.3 is 0 Å². The highest BCUT2D eigenvalue weighted by Crippen LogP contribution is 2.26. The number of anilines is 1. The Hall–Kier alpha value is -3.88. The molecule has 3 aromatic rings. The fourth-order valence-electron chi connectivity index (χ4n) is 3.72. The van der Waals surface area contributed by atoms with Crippen LogP contribution in [0.3, 0.4) is 0 Å². The number of pyridine rings is 1. The van der Waals surface area contributed by atoms with Gasteiger partial charge in [-0.1, -0.05) is 0 Å². The highest BCUT2D eigenvalue weighted by atomic mass is 16.5. The van der Waals surface area contributed by atoms with Gasteiger partial charge in [0.25, 0.3) is 11.5 Å². The number of carbonyl (C=O) groups is 2. The molecule has 31 heavy (non-hydrogen) atoms. The van der Waals surface area contributed by atoms with Crippen LogP contribution in [-0.2, 0) is 7.05 Å². The number of nitrogens with zero attached hydrogens (tertiary/aromatic N) is 4. The van der Waals surface area contributed by atoms with E-state index in [9.17, 15) is 14.4 Å². The Kier molecular flexibility index (Phi) is 5.33. The van der Waals surface area contributed by atoms with Gasteiger partial charge in [0, 0.05) is 43.9 Å². The summed E-state index contributed by atoms with van der Waals surface area (Å²) in [4.78, 5) is 39.2. The molecular formula is C22H23N5O4. The lowest BCUT2D eigenvalue weighted by molar-refractivity contribution is 0.0780. The van der Waals surface area contributed by atoms with E-state index < -0.39 is 0 Å². The second-order valence-corrected chi connectivity index (χ2v) is 7.52. The maximum absolute atomic E-state index is 13.1. The molecule has 9 heteroatoms. The average molecular weight is 421 g/mol. The van der Waals surface area contributed by atoms with E-state index in [1.54, 1.807) is 55.6 Å². The van der Waals surface area contributed by atoms with Gasteiger partial charge in [0.15, 0.2) is 5.78 Å². The quantitative estimate of drug-likeness (QED) is 0.625. The Balaban J connectivity index is 1.49. The minimum atomic E-state index is -0.369. The predicted molar refractivity (Wildman–Crippen MR) is 115 cm³/mol. The van der Waals surface area contributed by atoms with E-state index in [4.69, 9.17) is 10.5 Å². The third-order valence-electron chi connectivity index (χ3n) is 5.59. The van der Waals surface area contributed by atoms with Gasteiger partial charge in [0.1, 0.15) is 11.6 Å². The number of ketones is 1. The molecule has 4 rings (SSSR count). The molecule has 1 aliphatic heterocycles. The van der Waals surface area contributed by atoms with Gasteiger partial charge in [-0.25, -0.2) is 4.68 Å². The number of likely N-dealkylation sites (tertiary alicyclic amines) is 1. The monoisotopic (exact) mass is 421 g/mol. The number of hydrogen-bond donors (Lipinski definition) is 1. The Morgan fingerprint density at radius 1 is 1.19 bits per heavy atom. The second-order valence-electron chi connectivity index (χ2n) is 7.52. The van der Waals surface area contributed by atoms with Gasteiger partial charge in [0.05, 0.1) is 24.6 Å². The molecule has 1 aliphatic rings. The molecular weight excluding hydrogens is 398 g/mol. The van der Waals surface area contributed by atoms with Crippen molar-refractivity contribution in [3.63, 3.8) is 0 Å². The Bertz CT molecular complexity index is 1200. The van der Waals surface area contributed by atoms with Gasteiger partial charge in [-0.15, -0.1) is 0 Å². The highest BCUT2D eigenvalue weighted by molar-refractivity contribution is 6.03. The van der Waals surface area contributed by atoms with Crippen LogP contribution in [0.15, 0.2) is 53.6 Å². The van der Waals surface area contributed by atoms with Crippen molar-refractivity contribution in [2.24, 2.45) is 13.0 Å². The van der Waals surface area contributed by atoms with Crippen LogP contribution >= 0.6 is 0 Å². The first-order chi connectivity index (χ1) is 14.9. The summed E-state index contributed by atoms with van der Waals surface area (Å²) in [5.41, 5.74) is 7.34. The van der Waals surface area contributed by atoms with E-state index in [1.165, 1.54) is 21.5 Å². The summed E-state index contributed by atoms with van der Waals surface area (Å²) in [6.45, 7) is 0.719. The summed E-state index contributed by atoms with van der Waals surface area (Å²) >= 11 is 0. The maximum atomic E-state index is 13.1. The molecule has 1 unspecified atom stereocenters. The summed E-state index contributed by atoms with van der Waals surface area (Å²) in [7, 11) is 3.21. The summed E-state index contributed by atoms with van der Waals surface area (Å²) in [6, 6.07) is 10.1.